The van der Waals surface area contributed by atoms with E-state index in [1.807, 2.05) is 0 Å². The molecule has 1 fully saturated rings. The molecule has 9 nitrogen and oxygen atoms in total. The number of nitrogens with two attached hydrogens (primary N) is 1. The van der Waals surface area contributed by atoms with E-state index in [9.17, 15) is 13.2 Å². The quantitative estimate of drug-likeness (QED) is 0.679. The molecule has 2 heterocycles. The van der Waals surface area contributed by atoms with Crippen molar-refractivity contribution in [3.05, 3.63) is 6.20 Å². The van der Waals surface area contributed by atoms with Gasteiger partial charge in [0.25, 0.3) is 0 Å². The number of carbonyl (C=O) groups excluding carboxylic acids is 1. The van der Waals surface area contributed by atoms with Gasteiger partial charge in [0.2, 0.25) is 10.0 Å². The lowest BCUT2D eigenvalue weighted by Gasteiger charge is -2.31. The summed E-state index contributed by atoms with van der Waals surface area (Å²) in [4.78, 5) is 11.1. The van der Waals surface area contributed by atoms with Gasteiger partial charge in [-0.1, -0.05) is 0 Å². The molecule has 1 aliphatic rings. The molecule has 1 aliphatic heterocycles. The van der Waals surface area contributed by atoms with Crippen LogP contribution in [0.15, 0.2) is 11.1 Å². The topological polar surface area (TPSA) is 128 Å². The predicted octanol–water partition coefficient (Wildman–Crippen LogP) is -1.06. The highest BCUT2D eigenvalue weighted by atomic mass is 32.2. The normalized spacial score (nSPS) is 20.8. The summed E-state index contributed by atoms with van der Waals surface area (Å²) in [5, 5.41) is 5.99. The SMILES string of the molecule is COC(=O)CC1CN(S(=O)(=O)c2cn[nH]c2N)CCO1. The summed E-state index contributed by atoms with van der Waals surface area (Å²) in [6, 6.07) is 0. The first-order valence-electron chi connectivity index (χ1n) is 5.92. The van der Waals surface area contributed by atoms with E-state index in [1.165, 1.54) is 11.4 Å². The molecule has 1 unspecified atom stereocenters. The van der Waals surface area contributed by atoms with Gasteiger partial charge in [0.05, 0.1) is 32.4 Å². The number of nitrogens with one attached hydrogen (secondary N) is 1. The van der Waals surface area contributed by atoms with Crippen LogP contribution in [0, 0.1) is 0 Å². The van der Waals surface area contributed by atoms with Crippen molar-refractivity contribution in [2.45, 2.75) is 17.4 Å². The molecule has 1 saturated heterocycles. The molecular weight excluding hydrogens is 288 g/mol. The fourth-order valence-corrected chi connectivity index (χ4v) is 3.40. The van der Waals surface area contributed by atoms with Crippen LogP contribution >= 0.6 is 0 Å². The Labute approximate surface area is 116 Å². The number of H-pyrrole nitrogens is 1. The number of esters is 1. The summed E-state index contributed by atoms with van der Waals surface area (Å²) in [5.74, 6) is -0.460. The Morgan fingerprint density at radius 2 is 2.45 bits per heavy atom. The summed E-state index contributed by atoms with van der Waals surface area (Å²) < 4.78 is 35.9. The first-order valence-corrected chi connectivity index (χ1v) is 7.36. The van der Waals surface area contributed by atoms with Gasteiger partial charge in [-0.2, -0.15) is 9.40 Å². The van der Waals surface area contributed by atoms with Crippen LogP contribution in [0.2, 0.25) is 0 Å². The van der Waals surface area contributed by atoms with Crippen molar-refractivity contribution in [2.75, 3.05) is 32.5 Å². The summed E-state index contributed by atoms with van der Waals surface area (Å²) in [7, 11) is -2.47. The van der Waals surface area contributed by atoms with Crippen LogP contribution in [-0.4, -0.2) is 61.8 Å². The highest BCUT2D eigenvalue weighted by Gasteiger charge is 2.33. The van der Waals surface area contributed by atoms with Crippen LogP contribution in [0.3, 0.4) is 0 Å². The van der Waals surface area contributed by atoms with Gasteiger partial charge in [-0.05, 0) is 0 Å². The van der Waals surface area contributed by atoms with E-state index >= 15 is 0 Å². The number of hydrogen-bond donors (Lipinski definition) is 2. The molecule has 1 atom stereocenters. The van der Waals surface area contributed by atoms with Gasteiger partial charge < -0.3 is 15.2 Å². The third kappa shape index (κ3) is 2.92. The van der Waals surface area contributed by atoms with E-state index in [0.29, 0.717) is 0 Å². The zero-order chi connectivity index (χ0) is 14.8. The maximum Gasteiger partial charge on any atom is 0.308 e. The maximum atomic E-state index is 12.4. The van der Waals surface area contributed by atoms with Gasteiger partial charge in [0.1, 0.15) is 10.7 Å². The van der Waals surface area contributed by atoms with Crippen LogP contribution < -0.4 is 5.73 Å². The van der Waals surface area contributed by atoms with Crippen LogP contribution in [-0.2, 0) is 24.3 Å². The molecule has 0 aliphatic carbocycles. The van der Waals surface area contributed by atoms with E-state index in [2.05, 4.69) is 14.9 Å². The average molecular weight is 304 g/mol. The first kappa shape index (κ1) is 14.8. The Bertz CT molecular complexity index is 584. The Kier molecular flexibility index (Phi) is 4.26. The Morgan fingerprint density at radius 1 is 1.70 bits per heavy atom. The molecule has 0 spiro atoms. The lowest BCUT2D eigenvalue weighted by molar-refractivity contribution is -0.145. The third-order valence-electron chi connectivity index (χ3n) is 2.97. The van der Waals surface area contributed by atoms with Gasteiger partial charge >= 0.3 is 5.97 Å². The number of rotatable bonds is 4. The molecule has 0 bridgehead atoms. The van der Waals surface area contributed by atoms with E-state index in [4.69, 9.17) is 10.5 Å². The smallest absolute Gasteiger partial charge is 0.308 e. The average Bonchev–Trinajstić information content (AvgIpc) is 2.86. The van der Waals surface area contributed by atoms with E-state index in [0.717, 1.165) is 6.20 Å². The fraction of sp³-hybridized carbons (Fsp3) is 0.600. The molecule has 0 saturated carbocycles. The maximum absolute atomic E-state index is 12.4. The largest absolute Gasteiger partial charge is 0.469 e. The zero-order valence-corrected chi connectivity index (χ0v) is 11.7. The number of carbonyl (C=O) groups is 1. The van der Waals surface area contributed by atoms with Crippen molar-refractivity contribution in [2.24, 2.45) is 0 Å². The molecule has 0 aromatic carbocycles. The molecule has 0 radical (unpaired) electrons. The van der Waals surface area contributed by atoms with Crippen molar-refractivity contribution in [3.63, 3.8) is 0 Å². The van der Waals surface area contributed by atoms with Crippen LogP contribution in [0.1, 0.15) is 6.42 Å². The van der Waals surface area contributed by atoms with Crippen LogP contribution in [0.5, 0.6) is 0 Å². The highest BCUT2D eigenvalue weighted by molar-refractivity contribution is 7.89. The zero-order valence-electron chi connectivity index (χ0n) is 10.9. The third-order valence-corrected chi connectivity index (χ3v) is 4.87. The van der Waals surface area contributed by atoms with Crippen molar-refractivity contribution >= 4 is 21.8 Å². The number of anilines is 1. The molecule has 0 amide bonds. The molecular formula is C10H16N4O5S. The van der Waals surface area contributed by atoms with Gasteiger partial charge in [-0.3, -0.25) is 9.89 Å². The number of methoxy groups -OCH3 is 1. The number of nitrogen functional groups attached to an aromatic ring is 1. The fourth-order valence-electron chi connectivity index (χ4n) is 1.93. The van der Waals surface area contributed by atoms with Gasteiger partial charge in [-0.15, -0.1) is 0 Å². The number of nitrogens with zero attached hydrogens (tertiary/aromatic N) is 2. The second-order valence-electron chi connectivity index (χ2n) is 4.28. The summed E-state index contributed by atoms with van der Waals surface area (Å²) >= 11 is 0. The molecule has 1 aromatic heterocycles. The van der Waals surface area contributed by atoms with Crippen LogP contribution in [0.4, 0.5) is 5.82 Å². The molecule has 10 heteroatoms. The highest BCUT2D eigenvalue weighted by Crippen LogP contribution is 2.22. The molecule has 20 heavy (non-hydrogen) atoms. The van der Waals surface area contributed by atoms with Gasteiger partial charge in [-0.25, -0.2) is 8.42 Å². The minimum Gasteiger partial charge on any atom is -0.469 e. The molecule has 1 aromatic rings. The monoisotopic (exact) mass is 304 g/mol. The van der Waals surface area contributed by atoms with Crippen molar-refractivity contribution < 1.29 is 22.7 Å². The number of aromatic amines is 1. The first-order chi connectivity index (χ1) is 9.45. The van der Waals surface area contributed by atoms with E-state index in [1.54, 1.807) is 0 Å². The van der Waals surface area contributed by atoms with Crippen molar-refractivity contribution in [1.29, 1.82) is 0 Å². The second kappa shape index (κ2) is 5.77. The lowest BCUT2D eigenvalue weighted by atomic mass is 10.2. The Morgan fingerprint density at radius 3 is 3.05 bits per heavy atom. The predicted molar refractivity (Wildman–Crippen MR) is 68.1 cm³/mol. The molecule has 112 valence electrons. The van der Waals surface area contributed by atoms with Crippen molar-refractivity contribution in [3.8, 4) is 0 Å². The number of sulfonamides is 1. The Hall–Kier alpha value is -1.65. The van der Waals surface area contributed by atoms with E-state index in [-0.39, 0.29) is 36.8 Å². The van der Waals surface area contributed by atoms with Gasteiger partial charge in [0.15, 0.2) is 0 Å². The second-order valence-corrected chi connectivity index (χ2v) is 6.19. The molecule has 3 N–H and O–H groups in total. The van der Waals surface area contributed by atoms with E-state index < -0.39 is 22.1 Å². The van der Waals surface area contributed by atoms with Crippen molar-refractivity contribution in [1.82, 2.24) is 14.5 Å². The minimum atomic E-state index is -3.74. The molecule has 2 rings (SSSR count). The minimum absolute atomic E-state index is 0.00336. The standard InChI is InChI=1S/C10H16N4O5S/c1-18-9(15)4-7-6-14(2-3-19-7)20(16,17)8-5-12-13-10(8)11/h5,7H,2-4,6H2,1H3,(H3,11,12,13). The van der Waals surface area contributed by atoms with Gasteiger partial charge in [0, 0.05) is 13.1 Å². The number of aromatic nitrogens is 2. The summed E-state index contributed by atoms with van der Waals surface area (Å²) in [5.41, 5.74) is 5.54. The number of morpholine rings is 1. The number of ether oxygens (including phenoxy) is 2. The lowest BCUT2D eigenvalue weighted by Crippen LogP contribution is -2.46. The van der Waals surface area contributed by atoms with Crippen LogP contribution in [0.25, 0.3) is 0 Å². The number of hydrogen-bond acceptors (Lipinski definition) is 7. The summed E-state index contributed by atoms with van der Waals surface area (Å²) in [6.45, 7) is 0.478. The Balaban J connectivity index is 2.13. The summed E-state index contributed by atoms with van der Waals surface area (Å²) in [6.07, 6.45) is 0.637.